The van der Waals surface area contributed by atoms with Gasteiger partial charge in [-0.15, -0.1) is 0 Å². The van der Waals surface area contributed by atoms with Gasteiger partial charge in [0.05, 0.1) is 55.3 Å². The van der Waals surface area contributed by atoms with Crippen LogP contribution in [0.1, 0.15) is 41.5 Å². The molecule has 0 radical (unpaired) electrons. The van der Waals surface area contributed by atoms with Crippen molar-refractivity contribution in [2.75, 3.05) is 19.8 Å². The number of carbonyl (C=O) groups is 3. The van der Waals surface area contributed by atoms with E-state index in [2.05, 4.69) is 14.2 Å². The first-order chi connectivity index (χ1) is 12.5. The molecule has 9 nitrogen and oxygen atoms in total. The van der Waals surface area contributed by atoms with Crippen molar-refractivity contribution in [3.63, 3.8) is 0 Å². The Morgan fingerprint density at radius 3 is 0.893 bits per heavy atom. The Labute approximate surface area is 178 Å². The van der Waals surface area contributed by atoms with Crippen LogP contribution in [0.25, 0.3) is 0 Å². The number of aliphatic hydroxyl groups is 3. The molecule has 3 N–H and O–H groups in total. The fourth-order valence-electron chi connectivity index (χ4n) is 1.06. The van der Waals surface area contributed by atoms with Gasteiger partial charge in [0.25, 0.3) is 0 Å². The zero-order valence-electron chi connectivity index (χ0n) is 17.0. The number of allylic oxidation sites excluding steroid dienone is 3. The Hall–Kier alpha value is -2.35. The SMILES string of the molecule is CCOC(=O)/C=C(/C)O.CCOC(=O)/C=C(/C)O.CCOC(=O)/C=C(/C)O.[Ru]. The minimum absolute atomic E-state index is 0. The predicted molar refractivity (Wildman–Crippen MR) is 99.1 cm³/mol. The molecule has 164 valence electrons. The molecule has 0 bridgehead atoms. The second kappa shape index (κ2) is 22.7. The van der Waals surface area contributed by atoms with Crippen LogP contribution in [-0.4, -0.2) is 53.0 Å². The molecule has 28 heavy (non-hydrogen) atoms. The van der Waals surface area contributed by atoms with E-state index in [1.165, 1.54) is 20.8 Å². The molecule has 0 saturated carbocycles. The Morgan fingerprint density at radius 1 is 0.607 bits per heavy atom. The van der Waals surface area contributed by atoms with Crippen LogP contribution in [0.4, 0.5) is 0 Å². The fourth-order valence-corrected chi connectivity index (χ4v) is 1.06. The summed E-state index contributed by atoms with van der Waals surface area (Å²) in [6, 6.07) is 0. The van der Waals surface area contributed by atoms with E-state index in [4.69, 9.17) is 15.3 Å². The van der Waals surface area contributed by atoms with Gasteiger partial charge in [-0.05, 0) is 41.5 Å². The number of carbonyl (C=O) groups excluding carboxylic acids is 3. The minimum Gasteiger partial charge on any atom is -0.512 e. The van der Waals surface area contributed by atoms with Gasteiger partial charge in [0.15, 0.2) is 0 Å². The molecule has 0 amide bonds. The second-order valence-corrected chi connectivity index (χ2v) is 4.61. The largest absolute Gasteiger partial charge is 0.512 e. The molecule has 0 aromatic carbocycles. The molecule has 0 unspecified atom stereocenters. The summed E-state index contributed by atoms with van der Waals surface area (Å²) in [4.78, 5) is 31.2. The molecule has 0 fully saturated rings. The second-order valence-electron chi connectivity index (χ2n) is 4.61. The first kappa shape index (κ1) is 33.3. The summed E-state index contributed by atoms with van der Waals surface area (Å²) in [7, 11) is 0. The van der Waals surface area contributed by atoms with Crippen LogP contribution in [0.3, 0.4) is 0 Å². The smallest absolute Gasteiger partial charge is 0.334 e. The number of rotatable bonds is 6. The van der Waals surface area contributed by atoms with Crippen LogP contribution >= 0.6 is 0 Å². The third-order valence-corrected chi connectivity index (χ3v) is 1.84. The van der Waals surface area contributed by atoms with Gasteiger partial charge < -0.3 is 29.5 Å². The normalized spacial score (nSPS) is 10.7. The Morgan fingerprint density at radius 2 is 0.786 bits per heavy atom. The predicted octanol–water partition coefficient (Wildman–Crippen LogP) is 3.03. The molecule has 0 atom stereocenters. The van der Waals surface area contributed by atoms with E-state index in [0.717, 1.165) is 18.2 Å². The van der Waals surface area contributed by atoms with Gasteiger partial charge in [0.2, 0.25) is 0 Å². The molecule has 0 aromatic heterocycles. The first-order valence-electron chi connectivity index (χ1n) is 8.11. The Balaban J connectivity index is -0.000000152. The molecule has 0 rings (SSSR count). The summed E-state index contributed by atoms with van der Waals surface area (Å²) < 4.78 is 13.4. The monoisotopic (exact) mass is 492 g/mol. The molecule has 0 heterocycles. The summed E-state index contributed by atoms with van der Waals surface area (Å²) in [5, 5.41) is 25.5. The number of hydrogen-bond donors (Lipinski definition) is 3. The summed E-state index contributed by atoms with van der Waals surface area (Å²) in [5.41, 5.74) is 0. The van der Waals surface area contributed by atoms with Crippen molar-refractivity contribution < 1.29 is 63.4 Å². The minimum atomic E-state index is -0.502. The standard InChI is InChI=1S/3C6H10O3.Ru/c3*1-3-9-6(8)4-5(2)7;/h3*4,7H,3H2,1-2H3;/b3*5-4-;. The van der Waals surface area contributed by atoms with E-state index in [1.807, 2.05) is 0 Å². The first-order valence-corrected chi connectivity index (χ1v) is 8.11. The number of ether oxygens (including phenoxy) is 3. The summed E-state index contributed by atoms with van der Waals surface area (Å²) >= 11 is 0. The van der Waals surface area contributed by atoms with Gasteiger partial charge in [0, 0.05) is 19.5 Å². The van der Waals surface area contributed by atoms with E-state index >= 15 is 0 Å². The van der Waals surface area contributed by atoms with E-state index < -0.39 is 17.9 Å². The van der Waals surface area contributed by atoms with E-state index in [0.29, 0.717) is 19.8 Å². The molecule has 0 aromatic rings. The van der Waals surface area contributed by atoms with Crippen molar-refractivity contribution in [3.05, 3.63) is 35.5 Å². The van der Waals surface area contributed by atoms with Crippen molar-refractivity contribution in [2.24, 2.45) is 0 Å². The topological polar surface area (TPSA) is 140 Å². The van der Waals surface area contributed by atoms with Gasteiger partial charge >= 0.3 is 17.9 Å². The maximum Gasteiger partial charge on any atom is 0.334 e. The molecule has 0 aliphatic carbocycles. The number of hydrogen-bond acceptors (Lipinski definition) is 9. The van der Waals surface area contributed by atoms with Gasteiger partial charge in [0.1, 0.15) is 0 Å². The van der Waals surface area contributed by atoms with Crippen LogP contribution in [0.2, 0.25) is 0 Å². The van der Waals surface area contributed by atoms with Gasteiger partial charge in [-0.1, -0.05) is 0 Å². The maximum atomic E-state index is 10.4. The van der Waals surface area contributed by atoms with E-state index in [-0.39, 0.29) is 36.8 Å². The van der Waals surface area contributed by atoms with Crippen LogP contribution in [0.15, 0.2) is 35.5 Å². The van der Waals surface area contributed by atoms with Crippen LogP contribution < -0.4 is 0 Å². The third kappa shape index (κ3) is 34.9. The summed E-state index contributed by atoms with van der Waals surface area (Å²) in [6.07, 6.45) is 3.09. The summed E-state index contributed by atoms with van der Waals surface area (Å²) in [5.74, 6) is -1.61. The molecule has 0 aliphatic heterocycles. The third-order valence-electron chi connectivity index (χ3n) is 1.84. The zero-order valence-corrected chi connectivity index (χ0v) is 18.7. The van der Waals surface area contributed by atoms with Gasteiger partial charge in [-0.3, -0.25) is 0 Å². The molecule has 0 saturated heterocycles. The molecule has 10 heteroatoms. The average molecular weight is 491 g/mol. The average Bonchev–Trinajstić information content (AvgIpc) is 2.46. The molecular formula is C18H30O9Ru. The number of esters is 3. The van der Waals surface area contributed by atoms with Gasteiger partial charge in [-0.25, -0.2) is 14.4 Å². The molecule has 0 spiro atoms. The van der Waals surface area contributed by atoms with Crippen LogP contribution in [0.5, 0.6) is 0 Å². The quantitative estimate of drug-likeness (QED) is 0.168. The van der Waals surface area contributed by atoms with E-state index in [9.17, 15) is 14.4 Å². The molecular weight excluding hydrogens is 461 g/mol. The van der Waals surface area contributed by atoms with E-state index in [1.54, 1.807) is 20.8 Å². The summed E-state index contributed by atoms with van der Waals surface area (Å²) in [6.45, 7) is 10.4. The maximum absolute atomic E-state index is 10.4. The van der Waals surface area contributed by atoms with Crippen LogP contribution in [0, 0.1) is 0 Å². The van der Waals surface area contributed by atoms with Crippen molar-refractivity contribution >= 4 is 17.9 Å². The van der Waals surface area contributed by atoms with Crippen molar-refractivity contribution in [3.8, 4) is 0 Å². The van der Waals surface area contributed by atoms with Gasteiger partial charge in [-0.2, -0.15) is 0 Å². The fraction of sp³-hybridized carbons (Fsp3) is 0.500. The Bertz CT molecular complexity index is 449. The molecule has 0 aliphatic rings. The Kier molecular flexibility index (Phi) is 27.0. The van der Waals surface area contributed by atoms with Crippen molar-refractivity contribution in [1.29, 1.82) is 0 Å². The van der Waals surface area contributed by atoms with Crippen molar-refractivity contribution in [1.82, 2.24) is 0 Å². The van der Waals surface area contributed by atoms with Crippen LogP contribution in [-0.2, 0) is 48.1 Å². The zero-order chi connectivity index (χ0) is 21.8. The van der Waals surface area contributed by atoms with Crippen molar-refractivity contribution in [2.45, 2.75) is 41.5 Å². The number of aliphatic hydroxyl groups excluding tert-OH is 3.